The number of fused-ring (bicyclic) bond motifs is 7. The molecule has 0 radical (unpaired) electrons. The Bertz CT molecular complexity index is 592. The topological polar surface area (TPSA) is 23.8 Å². The predicted octanol–water partition coefficient (Wildman–Crippen LogP) is 2.80. The van der Waals surface area contributed by atoms with Gasteiger partial charge in [-0.25, -0.2) is 0 Å². The molecule has 0 heterocycles. The van der Waals surface area contributed by atoms with Crippen LogP contribution in [0.1, 0.15) is 28.5 Å². The maximum absolute atomic E-state index is 8.98. The van der Waals surface area contributed by atoms with Crippen LogP contribution in [0.5, 0.6) is 0 Å². The van der Waals surface area contributed by atoms with Gasteiger partial charge in [-0.3, -0.25) is 0 Å². The lowest BCUT2D eigenvalue weighted by Gasteiger charge is -2.28. The highest BCUT2D eigenvalue weighted by molar-refractivity contribution is 5.56. The average molecular weight is 205 g/mol. The van der Waals surface area contributed by atoms with Gasteiger partial charge >= 0.3 is 0 Å². The van der Waals surface area contributed by atoms with E-state index in [1.807, 2.05) is 6.07 Å². The molecule has 0 N–H and O–H groups in total. The van der Waals surface area contributed by atoms with Gasteiger partial charge in [0.25, 0.3) is 0 Å². The molecule has 4 aliphatic carbocycles. The molecule has 0 spiro atoms. The van der Waals surface area contributed by atoms with E-state index in [2.05, 4.69) is 30.4 Å². The van der Waals surface area contributed by atoms with E-state index in [-0.39, 0.29) is 0 Å². The van der Waals surface area contributed by atoms with Crippen molar-refractivity contribution in [3.05, 3.63) is 47.0 Å². The minimum atomic E-state index is 0.758. The van der Waals surface area contributed by atoms with Gasteiger partial charge in [0.05, 0.1) is 11.6 Å². The summed E-state index contributed by atoms with van der Waals surface area (Å²) < 4.78 is 0. The van der Waals surface area contributed by atoms with Crippen LogP contribution in [0, 0.1) is 35.0 Å². The number of benzene rings is 1. The Morgan fingerprint density at radius 3 is 2.56 bits per heavy atom. The van der Waals surface area contributed by atoms with Gasteiger partial charge in [0.1, 0.15) is 0 Å². The summed E-state index contributed by atoms with van der Waals surface area (Å²) in [6, 6.07) is 8.63. The zero-order valence-electron chi connectivity index (χ0n) is 8.80. The van der Waals surface area contributed by atoms with Gasteiger partial charge in [-0.2, -0.15) is 5.26 Å². The second-order valence-corrected chi connectivity index (χ2v) is 5.70. The molecule has 1 heteroatoms. The van der Waals surface area contributed by atoms with E-state index in [1.165, 1.54) is 5.56 Å². The molecule has 1 aromatic rings. The molecule has 2 fully saturated rings. The van der Waals surface area contributed by atoms with Crippen molar-refractivity contribution in [1.82, 2.24) is 0 Å². The lowest BCUT2D eigenvalue weighted by atomic mass is 9.76. The fourth-order valence-electron chi connectivity index (χ4n) is 4.75. The van der Waals surface area contributed by atoms with Gasteiger partial charge in [-0.1, -0.05) is 18.2 Å². The summed E-state index contributed by atoms with van der Waals surface area (Å²) in [5.41, 5.74) is 3.90. The Kier molecular flexibility index (Phi) is 1.01. The van der Waals surface area contributed by atoms with Crippen LogP contribution in [0.2, 0.25) is 0 Å². The number of hydrogen-bond acceptors (Lipinski definition) is 1. The number of nitrogens with zero attached hydrogens (tertiary/aromatic N) is 1. The number of hydrogen-bond donors (Lipinski definition) is 0. The Balaban J connectivity index is 1.75. The quantitative estimate of drug-likeness (QED) is 0.597. The van der Waals surface area contributed by atoms with Gasteiger partial charge in [0, 0.05) is 0 Å². The molecule has 0 unspecified atom stereocenters. The van der Waals surface area contributed by atoms with E-state index in [0.717, 1.165) is 41.1 Å². The van der Waals surface area contributed by atoms with Crippen molar-refractivity contribution in [2.45, 2.75) is 11.8 Å². The summed E-state index contributed by atoms with van der Waals surface area (Å²) in [5.74, 6) is 5.17. The van der Waals surface area contributed by atoms with Crippen LogP contribution < -0.4 is 0 Å². The Morgan fingerprint density at radius 2 is 1.81 bits per heavy atom. The maximum Gasteiger partial charge on any atom is 0.0991 e. The Labute approximate surface area is 94.4 Å². The third-order valence-corrected chi connectivity index (χ3v) is 5.34. The Morgan fingerprint density at radius 1 is 0.938 bits per heavy atom. The van der Waals surface area contributed by atoms with Crippen LogP contribution in [-0.4, -0.2) is 0 Å². The highest BCUT2D eigenvalue weighted by Crippen LogP contribution is 2.80. The minimum Gasteiger partial charge on any atom is -0.192 e. The van der Waals surface area contributed by atoms with Crippen molar-refractivity contribution in [3.8, 4) is 6.07 Å². The van der Waals surface area contributed by atoms with Crippen molar-refractivity contribution in [3.63, 3.8) is 0 Å². The van der Waals surface area contributed by atoms with Gasteiger partial charge in [0.2, 0.25) is 0 Å². The van der Waals surface area contributed by atoms with Gasteiger partial charge in [-0.05, 0) is 58.8 Å². The van der Waals surface area contributed by atoms with E-state index in [4.69, 9.17) is 5.26 Å². The maximum atomic E-state index is 8.98. The van der Waals surface area contributed by atoms with Gasteiger partial charge < -0.3 is 0 Å². The largest absolute Gasteiger partial charge is 0.192 e. The standard InChI is InChI=1S/C15H11N/c16-6-7-1-2-10-11(5-7)12-8-3-4-9(8)13-14(10)15(12)13/h1-5,8-9,12-15H/t8-,9+,12-,13-,14-,15+/m1/s1. The molecule has 5 rings (SSSR count). The van der Waals surface area contributed by atoms with Crippen molar-refractivity contribution >= 4 is 0 Å². The lowest BCUT2D eigenvalue weighted by molar-refractivity contribution is 0.398. The van der Waals surface area contributed by atoms with Crippen LogP contribution in [0.4, 0.5) is 0 Å². The van der Waals surface area contributed by atoms with Crippen molar-refractivity contribution < 1.29 is 0 Å². The van der Waals surface area contributed by atoms with Crippen LogP contribution >= 0.6 is 0 Å². The molecule has 0 saturated heterocycles. The summed E-state index contributed by atoms with van der Waals surface area (Å²) in [6.45, 7) is 0. The van der Waals surface area contributed by atoms with Crippen LogP contribution in [0.15, 0.2) is 30.4 Å². The first-order valence-electron chi connectivity index (χ1n) is 6.12. The molecule has 76 valence electrons. The summed E-state index contributed by atoms with van der Waals surface area (Å²) in [6.07, 6.45) is 4.81. The summed E-state index contributed by atoms with van der Waals surface area (Å²) in [5, 5.41) is 8.98. The normalized spacial score (nSPS) is 47.7. The number of nitriles is 1. The van der Waals surface area contributed by atoms with E-state index in [0.29, 0.717) is 0 Å². The van der Waals surface area contributed by atoms with Crippen molar-refractivity contribution in [2.24, 2.45) is 23.7 Å². The number of allylic oxidation sites excluding steroid dienone is 2. The van der Waals surface area contributed by atoms with E-state index in [1.54, 1.807) is 5.56 Å². The Hall–Kier alpha value is -1.55. The summed E-state index contributed by atoms with van der Waals surface area (Å²) in [4.78, 5) is 0. The number of rotatable bonds is 0. The third kappa shape index (κ3) is 0.593. The molecular weight excluding hydrogens is 194 g/mol. The monoisotopic (exact) mass is 205 g/mol. The van der Waals surface area contributed by atoms with E-state index >= 15 is 0 Å². The molecule has 6 atom stereocenters. The molecule has 2 saturated carbocycles. The first-order valence-corrected chi connectivity index (χ1v) is 6.12. The fraction of sp³-hybridized carbons (Fsp3) is 0.400. The van der Waals surface area contributed by atoms with Gasteiger partial charge in [0.15, 0.2) is 0 Å². The summed E-state index contributed by atoms with van der Waals surface area (Å²) >= 11 is 0. The van der Waals surface area contributed by atoms with Crippen LogP contribution in [0.3, 0.4) is 0 Å². The molecule has 0 bridgehead atoms. The van der Waals surface area contributed by atoms with E-state index in [9.17, 15) is 0 Å². The van der Waals surface area contributed by atoms with Crippen LogP contribution in [0.25, 0.3) is 0 Å². The average Bonchev–Trinajstić information content (AvgIpc) is 2.81. The first kappa shape index (κ1) is 7.68. The molecule has 1 aromatic carbocycles. The van der Waals surface area contributed by atoms with Gasteiger partial charge in [-0.15, -0.1) is 0 Å². The highest BCUT2D eigenvalue weighted by atomic mass is 14.7. The molecule has 16 heavy (non-hydrogen) atoms. The first-order chi connectivity index (χ1) is 7.90. The second kappa shape index (κ2) is 2.11. The second-order valence-electron chi connectivity index (χ2n) is 5.70. The molecule has 0 aromatic heterocycles. The molecule has 0 aliphatic heterocycles. The third-order valence-electron chi connectivity index (χ3n) is 5.34. The zero-order chi connectivity index (χ0) is 10.4. The van der Waals surface area contributed by atoms with Crippen LogP contribution in [-0.2, 0) is 0 Å². The fourth-order valence-corrected chi connectivity index (χ4v) is 4.75. The molecular formula is C15H11N. The van der Waals surface area contributed by atoms with Crippen molar-refractivity contribution in [1.29, 1.82) is 5.26 Å². The highest BCUT2D eigenvalue weighted by Gasteiger charge is 2.71. The van der Waals surface area contributed by atoms with Crippen molar-refractivity contribution in [2.75, 3.05) is 0 Å². The lowest BCUT2D eigenvalue weighted by Crippen LogP contribution is -2.20. The molecule has 0 amide bonds. The predicted molar refractivity (Wildman–Crippen MR) is 59.7 cm³/mol. The summed E-state index contributed by atoms with van der Waals surface area (Å²) in [7, 11) is 0. The zero-order valence-corrected chi connectivity index (χ0v) is 8.80. The van der Waals surface area contributed by atoms with E-state index < -0.39 is 0 Å². The minimum absolute atomic E-state index is 0.758. The smallest absolute Gasteiger partial charge is 0.0991 e. The molecule has 1 nitrogen and oxygen atoms in total. The SMILES string of the molecule is N#Cc1ccc2c(c1)[C@H]1[C@@H]3C=C[C@@H]3[C@@H]3[C@@H]2[C@@H]13. The molecule has 4 aliphatic rings.